The number of thiophene rings is 1. The molecule has 2 aromatic heterocycles. The Bertz CT molecular complexity index is 1170. The van der Waals surface area contributed by atoms with Crippen molar-refractivity contribution in [2.45, 2.75) is 30.8 Å². The molecule has 11 heteroatoms. The Morgan fingerprint density at radius 1 is 1.23 bits per heavy atom. The lowest BCUT2D eigenvalue weighted by Gasteiger charge is -2.20. The molecule has 0 saturated heterocycles. The topological polar surface area (TPSA) is 118 Å². The Morgan fingerprint density at radius 2 is 1.97 bits per heavy atom. The number of sulfonamides is 1. The van der Waals surface area contributed by atoms with Gasteiger partial charge >= 0.3 is 0 Å². The molecule has 1 aromatic carbocycles. The summed E-state index contributed by atoms with van der Waals surface area (Å²) in [5, 5.41) is 5.86. The number of anilines is 2. The molecule has 0 aliphatic rings. The number of benzene rings is 1. The summed E-state index contributed by atoms with van der Waals surface area (Å²) in [6.45, 7) is 6.08. The molecule has 1 amide bonds. The summed E-state index contributed by atoms with van der Waals surface area (Å²) in [6, 6.07) is 6.73. The van der Waals surface area contributed by atoms with Crippen molar-refractivity contribution < 1.29 is 13.2 Å². The van der Waals surface area contributed by atoms with Gasteiger partial charge in [0.05, 0.1) is 16.0 Å². The first kappa shape index (κ1) is 22.5. The number of aryl methyl sites for hydroxylation is 1. The molecular formula is C19H23N5O3S3. The quantitative estimate of drug-likeness (QED) is 0.387. The number of fused-ring (bicyclic) bond motifs is 1. The van der Waals surface area contributed by atoms with Crippen molar-refractivity contribution >= 4 is 60.8 Å². The molecular weight excluding hydrogens is 442 g/mol. The molecule has 3 N–H and O–H groups in total. The van der Waals surface area contributed by atoms with E-state index in [-0.39, 0.29) is 16.6 Å². The molecule has 0 fully saturated rings. The SMILES string of the molecule is CCN(CC)S(=O)(=O)c1cc(NC(=O)CSc2nc(N)c3ccsc3n2)ccc1C. The van der Waals surface area contributed by atoms with E-state index in [9.17, 15) is 13.2 Å². The molecule has 0 radical (unpaired) electrons. The number of aromatic nitrogens is 2. The number of hydrogen-bond acceptors (Lipinski definition) is 8. The fourth-order valence-corrected chi connectivity index (χ4v) is 6.10. The summed E-state index contributed by atoms with van der Waals surface area (Å²) in [5.41, 5.74) is 6.98. The van der Waals surface area contributed by atoms with Crippen molar-refractivity contribution in [1.29, 1.82) is 0 Å². The van der Waals surface area contributed by atoms with Crippen LogP contribution in [0.15, 0.2) is 39.7 Å². The van der Waals surface area contributed by atoms with Gasteiger partial charge in [0.15, 0.2) is 5.16 Å². The Kier molecular flexibility index (Phi) is 6.96. The third kappa shape index (κ3) is 4.75. The number of thioether (sulfide) groups is 1. The molecule has 2 heterocycles. The van der Waals surface area contributed by atoms with Crippen LogP contribution in [0, 0.1) is 6.92 Å². The monoisotopic (exact) mass is 465 g/mol. The molecule has 8 nitrogen and oxygen atoms in total. The number of hydrogen-bond donors (Lipinski definition) is 2. The molecule has 0 aliphatic heterocycles. The van der Waals surface area contributed by atoms with Gasteiger partial charge < -0.3 is 11.1 Å². The maximum Gasteiger partial charge on any atom is 0.243 e. The maximum atomic E-state index is 12.9. The summed E-state index contributed by atoms with van der Waals surface area (Å²) in [7, 11) is -3.62. The molecule has 3 aromatic rings. The lowest BCUT2D eigenvalue weighted by Crippen LogP contribution is -2.31. The second-order valence-electron chi connectivity index (χ2n) is 6.44. The Balaban J connectivity index is 1.72. The van der Waals surface area contributed by atoms with E-state index in [0.717, 1.165) is 10.2 Å². The average Bonchev–Trinajstić information content (AvgIpc) is 3.18. The zero-order valence-electron chi connectivity index (χ0n) is 16.9. The van der Waals surface area contributed by atoms with E-state index < -0.39 is 10.0 Å². The van der Waals surface area contributed by atoms with Gasteiger partial charge in [0, 0.05) is 18.8 Å². The first-order valence-electron chi connectivity index (χ1n) is 9.30. The van der Waals surface area contributed by atoms with Crippen LogP contribution in [0.4, 0.5) is 11.5 Å². The third-order valence-corrected chi connectivity index (χ3v) is 8.31. The van der Waals surface area contributed by atoms with Crippen molar-refractivity contribution in [3.8, 4) is 0 Å². The highest BCUT2D eigenvalue weighted by atomic mass is 32.2. The summed E-state index contributed by atoms with van der Waals surface area (Å²) >= 11 is 2.63. The number of nitrogens with two attached hydrogens (primary N) is 1. The lowest BCUT2D eigenvalue weighted by atomic mass is 10.2. The maximum absolute atomic E-state index is 12.9. The van der Waals surface area contributed by atoms with E-state index in [4.69, 9.17) is 5.73 Å². The highest BCUT2D eigenvalue weighted by Crippen LogP contribution is 2.27. The molecule has 0 unspecified atom stereocenters. The summed E-state index contributed by atoms with van der Waals surface area (Å²) < 4.78 is 27.1. The number of nitrogens with one attached hydrogen (secondary N) is 1. The average molecular weight is 466 g/mol. The Hall–Kier alpha value is -2.21. The number of carbonyl (C=O) groups excluding carboxylic acids is 1. The zero-order chi connectivity index (χ0) is 21.9. The van der Waals surface area contributed by atoms with E-state index in [1.165, 1.54) is 33.5 Å². The van der Waals surface area contributed by atoms with E-state index in [0.29, 0.717) is 35.3 Å². The molecule has 160 valence electrons. The van der Waals surface area contributed by atoms with Crippen LogP contribution in [0.25, 0.3) is 10.2 Å². The van der Waals surface area contributed by atoms with Crippen molar-refractivity contribution in [2.24, 2.45) is 0 Å². The molecule has 0 aliphatic carbocycles. The van der Waals surface area contributed by atoms with Crippen LogP contribution in [0.2, 0.25) is 0 Å². The zero-order valence-corrected chi connectivity index (χ0v) is 19.3. The van der Waals surface area contributed by atoms with E-state index in [2.05, 4.69) is 15.3 Å². The Labute approximate surface area is 183 Å². The minimum absolute atomic E-state index is 0.0718. The number of nitrogens with zero attached hydrogens (tertiary/aromatic N) is 3. The Morgan fingerprint density at radius 3 is 2.67 bits per heavy atom. The predicted octanol–water partition coefficient (Wildman–Crippen LogP) is 3.34. The van der Waals surface area contributed by atoms with Gasteiger partial charge in [0.25, 0.3) is 0 Å². The van der Waals surface area contributed by atoms with Gasteiger partial charge in [-0.15, -0.1) is 11.3 Å². The highest BCUT2D eigenvalue weighted by Gasteiger charge is 2.24. The van der Waals surface area contributed by atoms with Crippen LogP contribution in [0.3, 0.4) is 0 Å². The number of amides is 1. The predicted molar refractivity (Wildman–Crippen MR) is 122 cm³/mol. The first-order valence-corrected chi connectivity index (χ1v) is 12.6. The normalized spacial score (nSPS) is 11.9. The van der Waals surface area contributed by atoms with E-state index in [1.807, 2.05) is 11.4 Å². The van der Waals surface area contributed by atoms with Crippen LogP contribution < -0.4 is 11.1 Å². The van der Waals surface area contributed by atoms with Gasteiger partial charge in [-0.1, -0.05) is 31.7 Å². The standard InChI is InChI=1S/C19H23N5O3S3/c1-4-24(5-2)30(26,27)15-10-13(7-6-12(15)3)21-16(25)11-29-19-22-17(20)14-8-9-28-18(14)23-19/h6-10H,4-5,11H2,1-3H3,(H,21,25)(H2,20,22,23). The van der Waals surface area contributed by atoms with Crippen molar-refractivity contribution in [3.63, 3.8) is 0 Å². The minimum atomic E-state index is -3.62. The first-order chi connectivity index (χ1) is 14.3. The summed E-state index contributed by atoms with van der Waals surface area (Å²) in [5.74, 6) is 0.167. The second kappa shape index (κ2) is 9.29. The molecule has 30 heavy (non-hydrogen) atoms. The van der Waals surface area contributed by atoms with Gasteiger partial charge in [0.2, 0.25) is 15.9 Å². The summed E-state index contributed by atoms with van der Waals surface area (Å²) in [4.78, 5) is 22.0. The van der Waals surface area contributed by atoms with Crippen LogP contribution in [-0.2, 0) is 14.8 Å². The van der Waals surface area contributed by atoms with Crippen LogP contribution >= 0.6 is 23.1 Å². The molecule has 0 spiro atoms. The molecule has 0 atom stereocenters. The van der Waals surface area contributed by atoms with E-state index >= 15 is 0 Å². The number of nitrogen functional groups attached to an aromatic ring is 1. The fourth-order valence-electron chi connectivity index (χ4n) is 2.91. The van der Waals surface area contributed by atoms with Gasteiger partial charge in [-0.3, -0.25) is 4.79 Å². The molecule has 0 bridgehead atoms. The van der Waals surface area contributed by atoms with Gasteiger partial charge in [-0.05, 0) is 36.1 Å². The third-order valence-electron chi connectivity index (χ3n) is 4.46. The van der Waals surface area contributed by atoms with Gasteiger partial charge in [0.1, 0.15) is 10.6 Å². The number of carbonyl (C=O) groups is 1. The van der Waals surface area contributed by atoms with Crippen LogP contribution in [0.5, 0.6) is 0 Å². The van der Waals surface area contributed by atoms with Crippen LogP contribution in [0.1, 0.15) is 19.4 Å². The smallest absolute Gasteiger partial charge is 0.243 e. The minimum Gasteiger partial charge on any atom is -0.383 e. The highest BCUT2D eigenvalue weighted by molar-refractivity contribution is 7.99. The van der Waals surface area contributed by atoms with E-state index in [1.54, 1.807) is 32.9 Å². The summed E-state index contributed by atoms with van der Waals surface area (Å²) in [6.07, 6.45) is 0. The van der Waals surface area contributed by atoms with Crippen molar-refractivity contribution in [2.75, 3.05) is 29.9 Å². The molecule has 0 saturated carbocycles. The van der Waals surface area contributed by atoms with Gasteiger partial charge in [-0.25, -0.2) is 18.4 Å². The lowest BCUT2D eigenvalue weighted by molar-refractivity contribution is -0.113. The van der Waals surface area contributed by atoms with Gasteiger partial charge in [-0.2, -0.15) is 4.31 Å². The van der Waals surface area contributed by atoms with Crippen molar-refractivity contribution in [1.82, 2.24) is 14.3 Å². The van der Waals surface area contributed by atoms with Crippen molar-refractivity contribution in [3.05, 3.63) is 35.2 Å². The largest absolute Gasteiger partial charge is 0.383 e. The number of rotatable bonds is 8. The fraction of sp³-hybridized carbons (Fsp3) is 0.316. The van der Waals surface area contributed by atoms with Crippen LogP contribution in [-0.4, -0.2) is 47.4 Å². The molecule has 3 rings (SSSR count). The second-order valence-corrected chi connectivity index (χ2v) is 10.2.